The number of carbonyl (C=O) groups is 1. The van der Waals surface area contributed by atoms with Crippen LogP contribution < -0.4 is 5.73 Å². The number of nitrogens with two attached hydrogens (primary N) is 1. The third-order valence-corrected chi connectivity index (χ3v) is 3.78. The molecule has 0 unspecified atom stereocenters. The minimum atomic E-state index is -0.392. The Hall–Kier alpha value is -2.54. The van der Waals surface area contributed by atoms with Crippen molar-refractivity contribution in [2.75, 3.05) is 0 Å². The third-order valence-electron chi connectivity index (χ3n) is 3.78. The van der Waals surface area contributed by atoms with Crippen molar-refractivity contribution in [2.24, 2.45) is 5.73 Å². The van der Waals surface area contributed by atoms with Crippen LogP contribution in [-0.2, 0) is 0 Å². The molecule has 2 aromatic rings. The molecule has 0 atom stereocenters. The Morgan fingerprint density at radius 3 is 2.50 bits per heavy atom. The molecule has 1 aliphatic rings. The minimum Gasteiger partial charge on any atom is -0.366 e. The lowest BCUT2D eigenvalue weighted by Crippen LogP contribution is -2.12. The SMILES string of the molecule is Cc1c(C(N)=O)cc(-c2ccc(C#N)cc2)n1C1CC1. The zero-order valence-corrected chi connectivity index (χ0v) is 11.3. The van der Waals surface area contributed by atoms with Crippen LogP contribution in [0.3, 0.4) is 0 Å². The number of hydrogen-bond donors (Lipinski definition) is 1. The summed E-state index contributed by atoms with van der Waals surface area (Å²) in [5, 5.41) is 8.86. The van der Waals surface area contributed by atoms with Crippen LogP contribution in [0.1, 0.15) is 40.5 Å². The minimum absolute atomic E-state index is 0.392. The second-order valence-electron chi connectivity index (χ2n) is 5.18. The highest BCUT2D eigenvalue weighted by molar-refractivity contribution is 5.95. The molecule has 2 N–H and O–H groups in total. The van der Waals surface area contributed by atoms with E-state index in [4.69, 9.17) is 11.0 Å². The van der Waals surface area contributed by atoms with E-state index in [1.54, 1.807) is 12.1 Å². The molecule has 1 aromatic heterocycles. The van der Waals surface area contributed by atoms with Crippen LogP contribution in [-0.4, -0.2) is 10.5 Å². The van der Waals surface area contributed by atoms with Crippen molar-refractivity contribution in [1.82, 2.24) is 4.57 Å². The lowest BCUT2D eigenvalue weighted by atomic mass is 10.1. The molecule has 20 heavy (non-hydrogen) atoms. The van der Waals surface area contributed by atoms with Gasteiger partial charge in [-0.15, -0.1) is 0 Å². The fraction of sp³-hybridized carbons (Fsp3) is 0.250. The van der Waals surface area contributed by atoms with Crippen molar-refractivity contribution in [3.63, 3.8) is 0 Å². The lowest BCUT2D eigenvalue weighted by molar-refractivity contribution is 0.0999. The predicted octanol–water partition coefficient (Wildman–Crippen LogP) is 2.77. The average molecular weight is 265 g/mol. The summed E-state index contributed by atoms with van der Waals surface area (Å²) < 4.78 is 2.20. The highest BCUT2D eigenvalue weighted by Gasteiger charge is 2.29. The highest BCUT2D eigenvalue weighted by Crippen LogP contribution is 2.41. The van der Waals surface area contributed by atoms with E-state index in [1.807, 2.05) is 25.1 Å². The average Bonchev–Trinajstić information content (AvgIpc) is 3.22. The van der Waals surface area contributed by atoms with E-state index >= 15 is 0 Å². The Morgan fingerprint density at radius 2 is 2.00 bits per heavy atom. The van der Waals surface area contributed by atoms with Crippen LogP contribution in [0.25, 0.3) is 11.3 Å². The molecule has 3 rings (SSSR count). The number of nitriles is 1. The molecule has 0 spiro atoms. The molecule has 1 fully saturated rings. The van der Waals surface area contributed by atoms with Gasteiger partial charge in [0.2, 0.25) is 0 Å². The van der Waals surface area contributed by atoms with E-state index in [-0.39, 0.29) is 0 Å². The van der Waals surface area contributed by atoms with Crippen molar-refractivity contribution in [3.05, 3.63) is 47.2 Å². The van der Waals surface area contributed by atoms with Crippen LogP contribution in [0.2, 0.25) is 0 Å². The highest BCUT2D eigenvalue weighted by atomic mass is 16.1. The number of primary amides is 1. The topological polar surface area (TPSA) is 71.8 Å². The summed E-state index contributed by atoms with van der Waals surface area (Å²) in [5.41, 5.74) is 9.59. The largest absolute Gasteiger partial charge is 0.366 e. The van der Waals surface area contributed by atoms with Crippen LogP contribution in [0.5, 0.6) is 0 Å². The van der Waals surface area contributed by atoms with E-state index in [9.17, 15) is 4.79 Å². The summed E-state index contributed by atoms with van der Waals surface area (Å²) in [6, 6.07) is 11.8. The number of nitrogens with zero attached hydrogens (tertiary/aromatic N) is 2. The fourth-order valence-electron chi connectivity index (χ4n) is 2.61. The number of rotatable bonds is 3. The predicted molar refractivity (Wildman–Crippen MR) is 76.1 cm³/mol. The Kier molecular flexibility index (Phi) is 2.83. The Labute approximate surface area is 117 Å². The number of benzene rings is 1. The molecular weight excluding hydrogens is 250 g/mol. The van der Waals surface area contributed by atoms with Gasteiger partial charge in [0, 0.05) is 17.4 Å². The summed E-state index contributed by atoms with van der Waals surface area (Å²) in [5.74, 6) is -0.392. The monoisotopic (exact) mass is 265 g/mol. The molecule has 1 aliphatic carbocycles. The van der Waals surface area contributed by atoms with E-state index in [1.165, 1.54) is 0 Å². The smallest absolute Gasteiger partial charge is 0.250 e. The standard InChI is InChI=1S/C16H15N3O/c1-10-14(16(18)20)8-15(19(10)13-6-7-13)12-4-2-11(9-17)3-5-12/h2-5,8,13H,6-7H2,1H3,(H2,18,20). The van der Waals surface area contributed by atoms with Crippen molar-refractivity contribution < 1.29 is 4.79 Å². The molecule has 0 radical (unpaired) electrons. The van der Waals surface area contributed by atoms with Gasteiger partial charge in [-0.25, -0.2) is 0 Å². The summed E-state index contributed by atoms with van der Waals surface area (Å²) >= 11 is 0. The summed E-state index contributed by atoms with van der Waals surface area (Å²) in [7, 11) is 0. The van der Waals surface area contributed by atoms with Gasteiger partial charge in [0.05, 0.1) is 17.2 Å². The number of carbonyl (C=O) groups excluding carboxylic acids is 1. The first-order valence-corrected chi connectivity index (χ1v) is 6.64. The van der Waals surface area contributed by atoms with Crippen molar-refractivity contribution in [1.29, 1.82) is 5.26 Å². The van der Waals surface area contributed by atoms with E-state index in [2.05, 4.69) is 10.6 Å². The van der Waals surface area contributed by atoms with Gasteiger partial charge in [-0.05, 0) is 43.5 Å². The van der Waals surface area contributed by atoms with Crippen LogP contribution in [0, 0.1) is 18.3 Å². The van der Waals surface area contributed by atoms with Gasteiger partial charge in [-0.3, -0.25) is 4.79 Å². The molecule has 4 heteroatoms. The first-order chi connectivity index (χ1) is 9.61. The van der Waals surface area contributed by atoms with E-state index in [0.717, 1.165) is 29.8 Å². The molecule has 1 amide bonds. The Bertz CT molecular complexity index is 715. The molecule has 100 valence electrons. The Balaban J connectivity index is 2.14. The maximum atomic E-state index is 11.5. The van der Waals surface area contributed by atoms with Crippen molar-refractivity contribution in [3.8, 4) is 17.3 Å². The molecule has 0 aliphatic heterocycles. The summed E-state index contributed by atoms with van der Waals surface area (Å²) in [6.45, 7) is 1.94. The first kappa shape index (κ1) is 12.5. The third kappa shape index (κ3) is 1.97. The van der Waals surface area contributed by atoms with Gasteiger partial charge >= 0.3 is 0 Å². The molecule has 1 saturated carbocycles. The second kappa shape index (κ2) is 4.53. The molecule has 0 bridgehead atoms. The molecular formula is C16H15N3O. The van der Waals surface area contributed by atoms with Crippen LogP contribution >= 0.6 is 0 Å². The zero-order valence-electron chi connectivity index (χ0n) is 11.3. The van der Waals surface area contributed by atoms with Crippen molar-refractivity contribution >= 4 is 5.91 Å². The Morgan fingerprint density at radius 1 is 1.35 bits per heavy atom. The molecule has 0 saturated heterocycles. The van der Waals surface area contributed by atoms with Crippen LogP contribution in [0.4, 0.5) is 0 Å². The quantitative estimate of drug-likeness (QED) is 0.926. The second-order valence-corrected chi connectivity index (χ2v) is 5.18. The van der Waals surface area contributed by atoms with Gasteiger partial charge in [-0.1, -0.05) is 12.1 Å². The number of hydrogen-bond acceptors (Lipinski definition) is 2. The summed E-state index contributed by atoms with van der Waals surface area (Å²) in [6.07, 6.45) is 2.27. The van der Waals surface area contributed by atoms with Crippen molar-refractivity contribution in [2.45, 2.75) is 25.8 Å². The van der Waals surface area contributed by atoms with Gasteiger partial charge in [0.25, 0.3) is 5.91 Å². The van der Waals surface area contributed by atoms with E-state index < -0.39 is 5.91 Å². The van der Waals surface area contributed by atoms with Crippen LogP contribution in [0.15, 0.2) is 30.3 Å². The zero-order chi connectivity index (χ0) is 14.3. The molecule has 1 heterocycles. The van der Waals surface area contributed by atoms with Gasteiger partial charge in [0.1, 0.15) is 0 Å². The summed E-state index contributed by atoms with van der Waals surface area (Å²) in [4.78, 5) is 11.5. The fourth-order valence-corrected chi connectivity index (χ4v) is 2.61. The molecule has 1 aromatic carbocycles. The van der Waals surface area contributed by atoms with Gasteiger partial charge < -0.3 is 10.3 Å². The first-order valence-electron chi connectivity index (χ1n) is 6.64. The lowest BCUT2D eigenvalue weighted by Gasteiger charge is -2.10. The maximum Gasteiger partial charge on any atom is 0.250 e. The van der Waals surface area contributed by atoms with E-state index in [0.29, 0.717) is 17.2 Å². The van der Waals surface area contributed by atoms with Gasteiger partial charge in [-0.2, -0.15) is 5.26 Å². The molecule has 4 nitrogen and oxygen atoms in total. The maximum absolute atomic E-state index is 11.5. The van der Waals surface area contributed by atoms with Gasteiger partial charge in [0.15, 0.2) is 0 Å². The normalized spacial score (nSPS) is 14.0. The number of amides is 1. The number of aromatic nitrogens is 1.